The molecule has 5 heteroatoms. The Labute approximate surface area is 136 Å². The molecule has 1 amide bonds. The van der Waals surface area contributed by atoms with E-state index in [-0.39, 0.29) is 5.91 Å². The van der Waals surface area contributed by atoms with Crippen LogP contribution in [0.5, 0.6) is 11.5 Å². The summed E-state index contributed by atoms with van der Waals surface area (Å²) in [7, 11) is 0. The molecule has 0 atom stereocenters. The number of hydrogen-bond acceptors (Lipinski definition) is 4. The molecule has 1 aliphatic carbocycles. The van der Waals surface area contributed by atoms with Gasteiger partial charge in [-0.3, -0.25) is 9.69 Å². The Morgan fingerprint density at radius 3 is 2.57 bits per heavy atom. The molecule has 1 spiro atoms. The van der Waals surface area contributed by atoms with E-state index in [1.165, 1.54) is 19.3 Å². The van der Waals surface area contributed by atoms with Crippen LogP contribution in [0.1, 0.15) is 44.9 Å². The van der Waals surface area contributed by atoms with Crippen LogP contribution in [0, 0.1) is 0 Å². The van der Waals surface area contributed by atoms with Gasteiger partial charge in [0.15, 0.2) is 11.5 Å². The van der Waals surface area contributed by atoms with Crippen molar-refractivity contribution in [1.29, 1.82) is 0 Å². The highest BCUT2D eigenvalue weighted by Crippen LogP contribution is 2.46. The number of ether oxygens (including phenoxy) is 2. The maximum atomic E-state index is 12.1. The molecule has 2 aliphatic heterocycles. The lowest BCUT2D eigenvalue weighted by Crippen LogP contribution is -2.40. The summed E-state index contributed by atoms with van der Waals surface area (Å²) >= 11 is 0. The predicted molar refractivity (Wildman–Crippen MR) is 87.8 cm³/mol. The van der Waals surface area contributed by atoms with Gasteiger partial charge in [0.2, 0.25) is 5.91 Å². The highest BCUT2D eigenvalue weighted by molar-refractivity contribution is 5.92. The van der Waals surface area contributed by atoms with Crippen molar-refractivity contribution in [2.75, 3.05) is 25.0 Å². The Bertz CT molecular complexity index is 590. The van der Waals surface area contributed by atoms with Crippen LogP contribution in [0.25, 0.3) is 0 Å². The molecule has 124 valence electrons. The number of amides is 1. The number of nitrogens with one attached hydrogen (secondary N) is 1. The Hall–Kier alpha value is -1.75. The summed E-state index contributed by atoms with van der Waals surface area (Å²) < 4.78 is 12.2. The third-order valence-corrected chi connectivity index (χ3v) is 5.00. The molecule has 0 aromatic heterocycles. The fourth-order valence-electron chi connectivity index (χ4n) is 3.81. The average molecular weight is 316 g/mol. The van der Waals surface area contributed by atoms with E-state index < -0.39 is 5.79 Å². The maximum absolute atomic E-state index is 12.1. The molecule has 1 aromatic rings. The summed E-state index contributed by atoms with van der Waals surface area (Å²) in [5.41, 5.74) is 0.782. The van der Waals surface area contributed by atoms with Gasteiger partial charge in [-0.15, -0.1) is 0 Å². The second-order valence-corrected chi connectivity index (χ2v) is 6.87. The fourth-order valence-corrected chi connectivity index (χ4v) is 3.81. The first-order valence-electron chi connectivity index (χ1n) is 8.77. The van der Waals surface area contributed by atoms with E-state index in [1.807, 2.05) is 18.2 Å². The van der Waals surface area contributed by atoms with Crippen LogP contribution in [0.4, 0.5) is 5.69 Å². The molecule has 1 aromatic carbocycles. The monoisotopic (exact) mass is 316 g/mol. The number of nitrogens with zero attached hydrogens (tertiary/aromatic N) is 1. The van der Waals surface area contributed by atoms with Crippen LogP contribution < -0.4 is 14.8 Å². The number of carbonyl (C=O) groups excluding carboxylic acids is 1. The van der Waals surface area contributed by atoms with E-state index in [0.717, 1.165) is 56.0 Å². The highest BCUT2D eigenvalue weighted by Gasteiger charge is 2.42. The molecule has 1 saturated carbocycles. The standard InChI is InChI=1S/C18H24N2O3/c21-17(13-20-10-4-5-11-20)19-14-6-7-15-16(12-14)23-18(22-15)8-2-1-3-9-18/h6-7,12H,1-5,8-11,13H2,(H,19,21). The zero-order valence-electron chi connectivity index (χ0n) is 13.5. The van der Waals surface area contributed by atoms with Gasteiger partial charge in [-0.05, 0) is 50.9 Å². The lowest BCUT2D eigenvalue weighted by atomic mass is 9.94. The van der Waals surface area contributed by atoms with Crippen molar-refractivity contribution in [2.45, 2.75) is 50.7 Å². The molecule has 2 fully saturated rings. The third-order valence-electron chi connectivity index (χ3n) is 5.00. The van der Waals surface area contributed by atoms with Gasteiger partial charge in [0.1, 0.15) is 0 Å². The lowest BCUT2D eigenvalue weighted by Gasteiger charge is -2.31. The summed E-state index contributed by atoms with van der Waals surface area (Å²) in [5, 5.41) is 2.97. The van der Waals surface area contributed by atoms with Crippen LogP contribution in [-0.2, 0) is 4.79 Å². The first-order chi connectivity index (χ1) is 11.2. The van der Waals surface area contributed by atoms with Gasteiger partial charge in [-0.2, -0.15) is 0 Å². The molecule has 0 unspecified atom stereocenters. The van der Waals surface area contributed by atoms with Crippen molar-refractivity contribution < 1.29 is 14.3 Å². The van der Waals surface area contributed by atoms with Crippen molar-refractivity contribution in [3.8, 4) is 11.5 Å². The van der Waals surface area contributed by atoms with E-state index in [9.17, 15) is 4.79 Å². The molecule has 1 saturated heterocycles. The zero-order valence-corrected chi connectivity index (χ0v) is 13.5. The molecule has 1 N–H and O–H groups in total. The van der Waals surface area contributed by atoms with E-state index >= 15 is 0 Å². The van der Waals surface area contributed by atoms with Gasteiger partial charge in [-0.25, -0.2) is 0 Å². The third kappa shape index (κ3) is 3.15. The summed E-state index contributed by atoms with van der Waals surface area (Å²) in [5.74, 6) is 1.13. The van der Waals surface area contributed by atoms with Crippen LogP contribution in [0.3, 0.4) is 0 Å². The Morgan fingerprint density at radius 2 is 1.78 bits per heavy atom. The Balaban J connectivity index is 1.40. The quantitative estimate of drug-likeness (QED) is 0.930. The molecule has 23 heavy (non-hydrogen) atoms. The minimum atomic E-state index is -0.460. The zero-order chi connectivity index (χ0) is 15.7. The van der Waals surface area contributed by atoms with Crippen molar-refractivity contribution in [3.63, 3.8) is 0 Å². The smallest absolute Gasteiger partial charge is 0.251 e. The lowest BCUT2D eigenvalue weighted by molar-refractivity contribution is -0.117. The number of hydrogen-bond donors (Lipinski definition) is 1. The summed E-state index contributed by atoms with van der Waals surface area (Å²) in [4.78, 5) is 14.3. The predicted octanol–water partition coefficient (Wildman–Crippen LogP) is 3.15. The minimum absolute atomic E-state index is 0.0399. The SMILES string of the molecule is O=C(CN1CCCC1)Nc1ccc2c(c1)OC1(CCCCC1)O2. The first kappa shape index (κ1) is 14.8. The van der Waals surface area contributed by atoms with E-state index in [1.54, 1.807) is 0 Å². The van der Waals surface area contributed by atoms with Crippen molar-refractivity contribution in [3.05, 3.63) is 18.2 Å². The topological polar surface area (TPSA) is 50.8 Å². The second kappa shape index (κ2) is 6.04. The highest BCUT2D eigenvalue weighted by atomic mass is 16.7. The van der Waals surface area contributed by atoms with Gasteiger partial charge in [0, 0.05) is 24.6 Å². The van der Waals surface area contributed by atoms with Crippen LogP contribution >= 0.6 is 0 Å². The summed E-state index contributed by atoms with van der Waals surface area (Å²) in [6.45, 7) is 2.52. The molecule has 0 radical (unpaired) electrons. The van der Waals surface area contributed by atoms with Gasteiger partial charge in [-0.1, -0.05) is 6.42 Å². The molecule has 2 heterocycles. The van der Waals surface area contributed by atoms with E-state index in [4.69, 9.17) is 9.47 Å². The normalized spacial score (nSPS) is 22.4. The second-order valence-electron chi connectivity index (χ2n) is 6.87. The van der Waals surface area contributed by atoms with Crippen LogP contribution in [-0.4, -0.2) is 36.2 Å². The molecule has 4 rings (SSSR count). The van der Waals surface area contributed by atoms with Gasteiger partial charge in [0.25, 0.3) is 5.79 Å². The summed E-state index contributed by atoms with van der Waals surface area (Å²) in [6.07, 6.45) is 7.82. The number of likely N-dealkylation sites (tertiary alicyclic amines) is 1. The van der Waals surface area contributed by atoms with Crippen LogP contribution in [0.2, 0.25) is 0 Å². The number of benzene rings is 1. The van der Waals surface area contributed by atoms with E-state index in [0.29, 0.717) is 6.54 Å². The van der Waals surface area contributed by atoms with Crippen LogP contribution in [0.15, 0.2) is 18.2 Å². The van der Waals surface area contributed by atoms with Gasteiger partial charge >= 0.3 is 0 Å². The Kier molecular flexibility index (Phi) is 3.89. The van der Waals surface area contributed by atoms with Crippen molar-refractivity contribution in [2.24, 2.45) is 0 Å². The first-order valence-corrected chi connectivity index (χ1v) is 8.77. The number of rotatable bonds is 3. The largest absolute Gasteiger partial charge is 0.448 e. The molecular formula is C18H24N2O3. The van der Waals surface area contributed by atoms with Gasteiger partial charge in [0.05, 0.1) is 6.54 Å². The molecule has 5 nitrogen and oxygen atoms in total. The minimum Gasteiger partial charge on any atom is -0.448 e. The number of anilines is 1. The van der Waals surface area contributed by atoms with Gasteiger partial charge < -0.3 is 14.8 Å². The number of carbonyl (C=O) groups is 1. The maximum Gasteiger partial charge on any atom is 0.251 e. The fraction of sp³-hybridized carbons (Fsp3) is 0.611. The molecule has 0 bridgehead atoms. The molecular weight excluding hydrogens is 292 g/mol. The average Bonchev–Trinajstić information content (AvgIpc) is 3.15. The van der Waals surface area contributed by atoms with Crippen molar-refractivity contribution >= 4 is 11.6 Å². The Morgan fingerprint density at radius 1 is 1.04 bits per heavy atom. The van der Waals surface area contributed by atoms with Crippen molar-refractivity contribution in [1.82, 2.24) is 4.90 Å². The number of fused-ring (bicyclic) bond motifs is 1. The van der Waals surface area contributed by atoms with E-state index in [2.05, 4.69) is 10.2 Å². The molecule has 3 aliphatic rings. The summed E-state index contributed by atoms with van der Waals surface area (Å²) in [6, 6.07) is 5.69.